The zero-order valence-corrected chi connectivity index (χ0v) is 11.0. The Labute approximate surface area is 104 Å². The molecular weight excluding hydrogens is 212 g/mol. The van der Waals surface area contributed by atoms with Crippen molar-refractivity contribution in [3.05, 3.63) is 12.2 Å². The average Bonchev–Trinajstić information content (AvgIpc) is 2.33. The molecule has 4 atom stereocenters. The topological polar surface area (TPSA) is 37.3 Å². The van der Waals surface area contributed by atoms with E-state index in [2.05, 4.69) is 20.4 Å². The van der Waals surface area contributed by atoms with Gasteiger partial charge in [0.2, 0.25) is 0 Å². The molecule has 96 valence electrons. The van der Waals surface area contributed by atoms with Crippen molar-refractivity contribution in [3.63, 3.8) is 0 Å². The lowest BCUT2D eigenvalue weighted by Crippen LogP contribution is -2.45. The van der Waals surface area contributed by atoms with Crippen LogP contribution in [0.25, 0.3) is 0 Å². The molecule has 0 amide bonds. The number of fused-ring (bicyclic) bond motifs is 1. The van der Waals surface area contributed by atoms with E-state index >= 15 is 0 Å². The number of hydrogen-bond acceptors (Lipinski definition) is 2. The maximum atomic E-state index is 11.9. The molecule has 2 nitrogen and oxygen atoms in total. The fraction of sp³-hybridized carbons (Fsp3) is 0.800. The summed E-state index contributed by atoms with van der Waals surface area (Å²) in [5, 5.41) is 9.20. The smallest absolute Gasteiger partial charge is 0.136 e. The first-order chi connectivity index (χ1) is 7.98. The Kier molecular flexibility index (Phi) is 3.44. The zero-order chi connectivity index (χ0) is 12.6. The second-order valence-electron chi connectivity index (χ2n) is 6.30. The van der Waals surface area contributed by atoms with Crippen LogP contribution in [-0.4, -0.2) is 17.5 Å². The standard InChI is InChI=1S/C15H24O2/c1-10(9-16)12-4-6-15(3)7-5-14(17)11(2)13(15)8-12/h11-13,16H,1,4-9H2,2-3H3/t11-,12+,13-,15-/m0/s1. The van der Waals surface area contributed by atoms with E-state index in [1.807, 2.05) is 0 Å². The van der Waals surface area contributed by atoms with E-state index in [0.717, 1.165) is 31.3 Å². The molecule has 2 fully saturated rings. The number of carbonyl (C=O) groups is 1. The first-order valence-electron chi connectivity index (χ1n) is 6.79. The monoisotopic (exact) mass is 236 g/mol. The highest BCUT2D eigenvalue weighted by Gasteiger charge is 2.47. The van der Waals surface area contributed by atoms with Crippen molar-refractivity contribution in [2.24, 2.45) is 23.2 Å². The number of carbonyl (C=O) groups excluding carboxylic acids is 1. The van der Waals surface area contributed by atoms with Gasteiger partial charge in [-0.15, -0.1) is 0 Å². The van der Waals surface area contributed by atoms with Crippen LogP contribution in [0.1, 0.15) is 46.0 Å². The van der Waals surface area contributed by atoms with Crippen molar-refractivity contribution in [2.75, 3.05) is 6.61 Å². The summed E-state index contributed by atoms with van der Waals surface area (Å²) in [5.41, 5.74) is 1.30. The van der Waals surface area contributed by atoms with Crippen molar-refractivity contribution < 1.29 is 9.90 Å². The molecule has 2 aliphatic rings. The Morgan fingerprint density at radius 1 is 1.53 bits per heavy atom. The molecule has 17 heavy (non-hydrogen) atoms. The molecule has 2 rings (SSSR count). The summed E-state index contributed by atoms with van der Waals surface area (Å²) in [6.07, 6.45) is 5.17. The maximum Gasteiger partial charge on any atom is 0.136 e. The number of Topliss-reactive ketones (excluding diaryl/α,β-unsaturated/α-hetero) is 1. The van der Waals surface area contributed by atoms with Crippen molar-refractivity contribution in [1.82, 2.24) is 0 Å². The van der Waals surface area contributed by atoms with Crippen LogP contribution in [0.15, 0.2) is 12.2 Å². The highest BCUT2D eigenvalue weighted by atomic mass is 16.3. The van der Waals surface area contributed by atoms with E-state index in [1.165, 1.54) is 6.42 Å². The first kappa shape index (κ1) is 12.8. The highest BCUT2D eigenvalue weighted by molar-refractivity contribution is 5.82. The predicted octanol–water partition coefficient (Wildman–Crippen LogP) is 2.96. The summed E-state index contributed by atoms with van der Waals surface area (Å²) < 4.78 is 0. The second kappa shape index (κ2) is 4.56. The summed E-state index contributed by atoms with van der Waals surface area (Å²) >= 11 is 0. The van der Waals surface area contributed by atoms with Gasteiger partial charge in [-0.3, -0.25) is 4.79 Å². The lowest BCUT2D eigenvalue weighted by molar-refractivity contribution is -0.133. The van der Waals surface area contributed by atoms with Crippen molar-refractivity contribution >= 4 is 5.78 Å². The van der Waals surface area contributed by atoms with Gasteiger partial charge in [0.25, 0.3) is 0 Å². The maximum absolute atomic E-state index is 11.9. The molecule has 2 heteroatoms. The number of aliphatic hydroxyl groups excluding tert-OH is 1. The molecule has 0 aromatic carbocycles. The zero-order valence-electron chi connectivity index (χ0n) is 11.0. The Bertz CT molecular complexity index is 334. The van der Waals surface area contributed by atoms with Gasteiger partial charge in [0, 0.05) is 12.3 Å². The lowest BCUT2D eigenvalue weighted by Gasteiger charge is -2.50. The molecule has 0 radical (unpaired) electrons. The molecule has 0 aromatic rings. The Hall–Kier alpha value is -0.630. The summed E-state index contributed by atoms with van der Waals surface area (Å²) in [4.78, 5) is 11.9. The van der Waals surface area contributed by atoms with E-state index < -0.39 is 0 Å². The molecule has 0 bridgehead atoms. The number of ketones is 1. The minimum Gasteiger partial charge on any atom is -0.392 e. The molecule has 0 heterocycles. The third-order valence-electron chi connectivity index (χ3n) is 5.33. The minimum absolute atomic E-state index is 0.0937. The highest BCUT2D eigenvalue weighted by Crippen LogP contribution is 2.53. The predicted molar refractivity (Wildman–Crippen MR) is 68.6 cm³/mol. The van der Waals surface area contributed by atoms with Crippen LogP contribution in [0.5, 0.6) is 0 Å². The summed E-state index contributed by atoms with van der Waals surface area (Å²) in [6.45, 7) is 8.50. The van der Waals surface area contributed by atoms with E-state index in [4.69, 9.17) is 0 Å². The molecule has 2 saturated carbocycles. The van der Waals surface area contributed by atoms with Crippen LogP contribution in [0, 0.1) is 23.2 Å². The van der Waals surface area contributed by atoms with Crippen LogP contribution in [0.3, 0.4) is 0 Å². The van der Waals surface area contributed by atoms with Gasteiger partial charge < -0.3 is 5.11 Å². The van der Waals surface area contributed by atoms with Gasteiger partial charge in [-0.05, 0) is 48.5 Å². The third-order valence-corrected chi connectivity index (χ3v) is 5.33. The van der Waals surface area contributed by atoms with E-state index in [1.54, 1.807) is 0 Å². The normalized spacial score (nSPS) is 42.1. The largest absolute Gasteiger partial charge is 0.392 e. The number of rotatable bonds is 2. The number of hydrogen-bond donors (Lipinski definition) is 1. The van der Waals surface area contributed by atoms with Crippen LogP contribution in [-0.2, 0) is 4.79 Å². The lowest BCUT2D eigenvalue weighted by atomic mass is 9.54. The van der Waals surface area contributed by atoms with Crippen molar-refractivity contribution in [3.8, 4) is 0 Å². The van der Waals surface area contributed by atoms with Gasteiger partial charge in [-0.2, -0.15) is 0 Å². The van der Waals surface area contributed by atoms with Gasteiger partial charge in [0.15, 0.2) is 0 Å². The summed E-state index contributed by atoms with van der Waals surface area (Å²) in [6, 6.07) is 0. The van der Waals surface area contributed by atoms with Gasteiger partial charge in [-0.25, -0.2) is 0 Å². The first-order valence-corrected chi connectivity index (χ1v) is 6.79. The van der Waals surface area contributed by atoms with Crippen LogP contribution in [0.2, 0.25) is 0 Å². The molecule has 0 saturated heterocycles. The Balaban J connectivity index is 2.15. The van der Waals surface area contributed by atoms with Crippen molar-refractivity contribution in [2.45, 2.75) is 46.0 Å². The third kappa shape index (κ3) is 2.20. The molecule has 0 aromatic heterocycles. The van der Waals surface area contributed by atoms with E-state index in [0.29, 0.717) is 23.0 Å². The van der Waals surface area contributed by atoms with Crippen molar-refractivity contribution in [1.29, 1.82) is 0 Å². The fourth-order valence-corrected chi connectivity index (χ4v) is 3.88. The summed E-state index contributed by atoms with van der Waals surface area (Å²) in [5.74, 6) is 1.54. The average molecular weight is 236 g/mol. The Morgan fingerprint density at radius 3 is 2.88 bits per heavy atom. The fourth-order valence-electron chi connectivity index (χ4n) is 3.88. The van der Waals surface area contributed by atoms with Gasteiger partial charge in [0.05, 0.1) is 6.61 Å². The Morgan fingerprint density at radius 2 is 2.24 bits per heavy atom. The second-order valence-corrected chi connectivity index (χ2v) is 6.30. The van der Waals surface area contributed by atoms with E-state index in [9.17, 15) is 9.90 Å². The molecule has 0 unspecified atom stereocenters. The van der Waals surface area contributed by atoms with Gasteiger partial charge in [-0.1, -0.05) is 20.4 Å². The SMILES string of the molecule is C=C(CO)[C@@H]1CC[C@@]2(C)CCC(=O)[C@@H](C)[C@@H]2C1. The molecule has 0 spiro atoms. The number of aliphatic hydroxyl groups is 1. The minimum atomic E-state index is 0.0937. The van der Waals surface area contributed by atoms with Gasteiger partial charge in [0.1, 0.15) is 5.78 Å². The van der Waals surface area contributed by atoms with Crippen LogP contribution >= 0.6 is 0 Å². The molecule has 2 aliphatic carbocycles. The molecule has 0 aliphatic heterocycles. The van der Waals surface area contributed by atoms with Gasteiger partial charge >= 0.3 is 0 Å². The van der Waals surface area contributed by atoms with Crippen LogP contribution < -0.4 is 0 Å². The molecule has 1 N–H and O–H groups in total. The van der Waals surface area contributed by atoms with Crippen LogP contribution in [0.4, 0.5) is 0 Å². The van der Waals surface area contributed by atoms with E-state index in [-0.39, 0.29) is 12.5 Å². The quantitative estimate of drug-likeness (QED) is 0.748. The summed E-state index contributed by atoms with van der Waals surface area (Å²) in [7, 11) is 0. The molecular formula is C15H24O2.